The largest absolute Gasteiger partial charge is 0.496 e. The van der Waals surface area contributed by atoms with Crippen LogP contribution >= 0.6 is 0 Å². The van der Waals surface area contributed by atoms with Crippen LogP contribution in [-0.4, -0.2) is 43.7 Å². The predicted octanol–water partition coefficient (Wildman–Crippen LogP) is 3.32. The number of nitrogens with zero attached hydrogens (tertiary/aromatic N) is 4. The summed E-state index contributed by atoms with van der Waals surface area (Å²) in [6, 6.07) is 5.24. The van der Waals surface area contributed by atoms with Crippen LogP contribution in [0.4, 0.5) is 13.2 Å². The average Bonchev–Trinajstić information content (AvgIpc) is 3.23. The van der Waals surface area contributed by atoms with Gasteiger partial charge in [0.25, 0.3) is 0 Å². The molecule has 10 heteroatoms. The zero-order valence-electron chi connectivity index (χ0n) is 15.6. The van der Waals surface area contributed by atoms with Gasteiger partial charge in [-0.3, -0.25) is 4.68 Å². The van der Waals surface area contributed by atoms with Crippen molar-refractivity contribution in [3.63, 3.8) is 0 Å². The SMILES string of the molecule is COc1cc2c(cc1-c1ccn(C)n1)-c1c(CC(F)(F)F)nc(C(=O)O)n1CC2. The number of imidazole rings is 1. The monoisotopic (exact) mass is 406 g/mol. The maximum absolute atomic E-state index is 13.1. The Morgan fingerprint density at radius 3 is 2.66 bits per heavy atom. The molecule has 0 atom stereocenters. The van der Waals surface area contributed by atoms with Crippen molar-refractivity contribution in [1.82, 2.24) is 19.3 Å². The summed E-state index contributed by atoms with van der Waals surface area (Å²) >= 11 is 0. The van der Waals surface area contributed by atoms with Gasteiger partial charge in [0, 0.05) is 30.9 Å². The van der Waals surface area contributed by atoms with Crippen LogP contribution in [0.1, 0.15) is 21.9 Å². The molecular weight excluding hydrogens is 389 g/mol. The summed E-state index contributed by atoms with van der Waals surface area (Å²) in [4.78, 5) is 15.4. The minimum atomic E-state index is -4.51. The molecule has 0 bridgehead atoms. The highest BCUT2D eigenvalue weighted by molar-refractivity contribution is 5.87. The summed E-state index contributed by atoms with van der Waals surface area (Å²) in [5.41, 5.74) is 2.37. The van der Waals surface area contributed by atoms with E-state index in [0.29, 0.717) is 29.0 Å². The van der Waals surface area contributed by atoms with Crippen LogP contribution < -0.4 is 4.74 Å². The van der Waals surface area contributed by atoms with Crippen LogP contribution in [0.25, 0.3) is 22.5 Å². The van der Waals surface area contributed by atoms with E-state index < -0.39 is 18.6 Å². The summed E-state index contributed by atoms with van der Waals surface area (Å²) in [7, 11) is 3.27. The molecule has 152 valence electrons. The van der Waals surface area contributed by atoms with Crippen molar-refractivity contribution in [1.29, 1.82) is 0 Å². The van der Waals surface area contributed by atoms with E-state index in [2.05, 4.69) is 10.1 Å². The van der Waals surface area contributed by atoms with Gasteiger partial charge >= 0.3 is 12.1 Å². The third-order valence-electron chi connectivity index (χ3n) is 4.87. The van der Waals surface area contributed by atoms with Gasteiger partial charge in [-0.2, -0.15) is 18.3 Å². The minimum absolute atomic E-state index is 0.181. The number of fused-ring (bicyclic) bond motifs is 3. The van der Waals surface area contributed by atoms with Crippen molar-refractivity contribution in [2.24, 2.45) is 7.05 Å². The van der Waals surface area contributed by atoms with Gasteiger partial charge in [-0.1, -0.05) is 0 Å². The highest BCUT2D eigenvalue weighted by atomic mass is 19.4. The first-order valence-corrected chi connectivity index (χ1v) is 8.78. The summed E-state index contributed by atoms with van der Waals surface area (Å²) in [6.45, 7) is 0.223. The second kappa shape index (κ2) is 6.64. The number of aromatic nitrogens is 4. The number of halogens is 3. The van der Waals surface area contributed by atoms with E-state index in [4.69, 9.17) is 4.74 Å². The van der Waals surface area contributed by atoms with Crippen LogP contribution in [0.3, 0.4) is 0 Å². The first kappa shape index (κ1) is 19.0. The highest BCUT2D eigenvalue weighted by Crippen LogP contribution is 2.41. The van der Waals surface area contributed by atoms with Crippen molar-refractivity contribution >= 4 is 5.97 Å². The highest BCUT2D eigenvalue weighted by Gasteiger charge is 2.35. The van der Waals surface area contributed by atoms with Crippen LogP contribution in [-0.2, 0) is 26.4 Å². The molecule has 0 fully saturated rings. The Morgan fingerprint density at radius 1 is 1.31 bits per heavy atom. The summed E-state index contributed by atoms with van der Waals surface area (Å²) in [5.74, 6) is -1.20. The number of benzene rings is 1. The van der Waals surface area contributed by atoms with E-state index in [-0.39, 0.29) is 23.8 Å². The summed E-state index contributed by atoms with van der Waals surface area (Å²) in [6.07, 6.45) is -3.63. The standard InChI is InChI=1S/C19H17F3N4O3/c1-25-5-4-13(24-25)12-8-11-10(7-15(12)29-2)3-6-26-16(11)14(9-19(20,21)22)23-17(26)18(27)28/h4-5,7-8H,3,6,9H2,1-2H3,(H,27,28). The normalized spacial score (nSPS) is 13.1. The van der Waals surface area contributed by atoms with Gasteiger partial charge in [0.05, 0.1) is 30.6 Å². The number of aryl methyl sites for hydroxylation is 2. The fourth-order valence-corrected chi connectivity index (χ4v) is 3.71. The Hall–Kier alpha value is -3.30. The lowest BCUT2D eigenvalue weighted by Crippen LogP contribution is -2.17. The predicted molar refractivity (Wildman–Crippen MR) is 96.8 cm³/mol. The maximum Gasteiger partial charge on any atom is 0.394 e. The van der Waals surface area contributed by atoms with E-state index >= 15 is 0 Å². The summed E-state index contributed by atoms with van der Waals surface area (Å²) < 4.78 is 47.8. The number of carboxylic acid groups (broad SMARTS) is 1. The van der Waals surface area contributed by atoms with Crippen molar-refractivity contribution < 1.29 is 27.8 Å². The Labute approximate surface area is 163 Å². The molecule has 0 spiro atoms. The summed E-state index contributed by atoms with van der Waals surface area (Å²) in [5, 5.41) is 13.8. The number of hydrogen-bond donors (Lipinski definition) is 1. The van der Waals surface area contributed by atoms with Crippen LogP contribution in [0.2, 0.25) is 0 Å². The van der Waals surface area contributed by atoms with Crippen LogP contribution in [0.15, 0.2) is 24.4 Å². The fraction of sp³-hybridized carbons (Fsp3) is 0.316. The minimum Gasteiger partial charge on any atom is -0.496 e. The van der Waals surface area contributed by atoms with Gasteiger partial charge in [-0.25, -0.2) is 9.78 Å². The van der Waals surface area contributed by atoms with E-state index in [0.717, 1.165) is 5.56 Å². The molecule has 3 aromatic rings. The van der Waals surface area contributed by atoms with Crippen LogP contribution in [0.5, 0.6) is 5.75 Å². The molecule has 7 nitrogen and oxygen atoms in total. The Kier molecular flexibility index (Phi) is 4.36. The third-order valence-corrected chi connectivity index (χ3v) is 4.87. The zero-order chi connectivity index (χ0) is 20.9. The molecule has 0 saturated heterocycles. The van der Waals surface area contributed by atoms with Crippen LogP contribution in [0, 0.1) is 0 Å². The number of rotatable bonds is 4. The molecule has 1 N–H and O–H groups in total. The van der Waals surface area contributed by atoms with Gasteiger partial charge in [-0.05, 0) is 30.2 Å². The lowest BCUT2D eigenvalue weighted by molar-refractivity contribution is -0.127. The number of hydrogen-bond acceptors (Lipinski definition) is 4. The zero-order valence-corrected chi connectivity index (χ0v) is 15.6. The Morgan fingerprint density at radius 2 is 2.07 bits per heavy atom. The van der Waals surface area contributed by atoms with Crippen molar-refractivity contribution in [3.05, 3.63) is 41.5 Å². The molecule has 29 heavy (non-hydrogen) atoms. The average molecular weight is 406 g/mol. The van der Waals surface area contributed by atoms with Gasteiger partial charge in [0.1, 0.15) is 5.75 Å². The van der Waals surface area contributed by atoms with Crippen molar-refractivity contribution in [2.45, 2.75) is 25.6 Å². The number of ether oxygens (including phenoxy) is 1. The quantitative estimate of drug-likeness (QED) is 0.719. The number of carbonyl (C=O) groups is 1. The number of methoxy groups -OCH3 is 1. The topological polar surface area (TPSA) is 82.2 Å². The fourth-order valence-electron chi connectivity index (χ4n) is 3.71. The van der Waals surface area contributed by atoms with Crippen molar-refractivity contribution in [2.75, 3.05) is 7.11 Å². The van der Waals surface area contributed by atoms with E-state index in [1.165, 1.54) is 11.7 Å². The first-order valence-electron chi connectivity index (χ1n) is 8.78. The van der Waals surface area contributed by atoms with Gasteiger partial charge < -0.3 is 14.4 Å². The Bertz CT molecular complexity index is 1110. The smallest absolute Gasteiger partial charge is 0.394 e. The molecule has 1 aliphatic rings. The maximum atomic E-state index is 13.1. The van der Waals surface area contributed by atoms with E-state index in [1.54, 1.807) is 36.1 Å². The van der Waals surface area contributed by atoms with E-state index in [9.17, 15) is 23.1 Å². The molecule has 0 radical (unpaired) electrons. The number of carboxylic acids is 1. The lowest BCUT2D eigenvalue weighted by atomic mass is 9.93. The second-order valence-electron chi connectivity index (χ2n) is 6.81. The van der Waals surface area contributed by atoms with Gasteiger partial charge in [0.2, 0.25) is 5.82 Å². The molecular formula is C19H17F3N4O3. The van der Waals surface area contributed by atoms with Crippen molar-refractivity contribution in [3.8, 4) is 28.3 Å². The second-order valence-corrected chi connectivity index (χ2v) is 6.81. The molecule has 0 amide bonds. The molecule has 3 heterocycles. The lowest BCUT2D eigenvalue weighted by Gasteiger charge is -2.23. The molecule has 1 aliphatic heterocycles. The molecule has 4 rings (SSSR count). The molecule has 1 aromatic carbocycles. The van der Waals surface area contributed by atoms with Gasteiger partial charge in [0.15, 0.2) is 0 Å². The van der Waals surface area contributed by atoms with E-state index in [1.807, 2.05) is 0 Å². The number of alkyl halides is 3. The first-order chi connectivity index (χ1) is 13.7. The molecule has 0 unspecified atom stereocenters. The Balaban J connectivity index is 1.96. The third kappa shape index (κ3) is 3.34. The molecule has 0 saturated carbocycles. The number of aromatic carboxylic acids is 1. The molecule has 0 aliphatic carbocycles. The van der Waals surface area contributed by atoms with Gasteiger partial charge in [-0.15, -0.1) is 0 Å². The molecule has 2 aromatic heterocycles.